The van der Waals surface area contributed by atoms with Gasteiger partial charge < -0.3 is 14.6 Å². The number of fused-ring (bicyclic) bond motifs is 1. The number of rotatable bonds is 4. The second-order valence-corrected chi connectivity index (χ2v) is 5.42. The van der Waals surface area contributed by atoms with E-state index in [2.05, 4.69) is 4.98 Å². The number of ether oxygens (including phenoxy) is 1. The highest BCUT2D eigenvalue weighted by atomic mass is 16.5. The van der Waals surface area contributed by atoms with Gasteiger partial charge in [-0.15, -0.1) is 0 Å². The van der Waals surface area contributed by atoms with E-state index in [4.69, 9.17) is 4.74 Å². The van der Waals surface area contributed by atoms with E-state index in [1.807, 2.05) is 62.4 Å². The smallest absolute Gasteiger partial charge is 0.274 e. The van der Waals surface area contributed by atoms with E-state index < -0.39 is 0 Å². The molecule has 0 bridgehead atoms. The van der Waals surface area contributed by atoms with Crippen molar-refractivity contribution >= 4 is 22.5 Å². The molecule has 0 aliphatic rings. The number of carbonyl (C=O) groups excluding carboxylic acids is 1. The Morgan fingerprint density at radius 1 is 1.17 bits per heavy atom. The van der Waals surface area contributed by atoms with E-state index in [0.717, 1.165) is 27.9 Å². The Bertz CT molecular complexity index is 837. The summed E-state index contributed by atoms with van der Waals surface area (Å²) < 4.78 is 5.25. The summed E-state index contributed by atoms with van der Waals surface area (Å²) in [7, 11) is 1.64. The van der Waals surface area contributed by atoms with Gasteiger partial charge in [-0.25, -0.2) is 0 Å². The Morgan fingerprint density at radius 3 is 2.57 bits per heavy atom. The van der Waals surface area contributed by atoms with E-state index in [1.54, 1.807) is 12.0 Å². The number of aryl methyl sites for hydroxylation is 1. The average Bonchev–Trinajstić information content (AvgIpc) is 2.92. The normalized spacial score (nSPS) is 10.7. The summed E-state index contributed by atoms with van der Waals surface area (Å²) in [6.07, 6.45) is 0. The summed E-state index contributed by atoms with van der Waals surface area (Å²) in [6, 6.07) is 15.5. The largest absolute Gasteiger partial charge is 0.497 e. The first-order valence-corrected chi connectivity index (χ1v) is 7.69. The molecule has 118 valence electrons. The Labute approximate surface area is 135 Å². The highest BCUT2D eigenvalue weighted by Gasteiger charge is 2.21. The van der Waals surface area contributed by atoms with Crippen LogP contribution in [0.2, 0.25) is 0 Å². The monoisotopic (exact) mass is 308 g/mol. The van der Waals surface area contributed by atoms with Crippen LogP contribution in [0, 0.1) is 6.92 Å². The number of nitrogens with zero attached hydrogens (tertiary/aromatic N) is 1. The molecule has 3 rings (SSSR count). The third kappa shape index (κ3) is 2.68. The number of aromatic nitrogens is 1. The summed E-state index contributed by atoms with van der Waals surface area (Å²) in [4.78, 5) is 18.0. The summed E-state index contributed by atoms with van der Waals surface area (Å²) in [5.74, 6) is 0.750. The first-order valence-electron chi connectivity index (χ1n) is 7.69. The van der Waals surface area contributed by atoms with E-state index in [9.17, 15) is 4.79 Å². The van der Waals surface area contributed by atoms with Crippen molar-refractivity contribution in [3.8, 4) is 5.75 Å². The van der Waals surface area contributed by atoms with E-state index >= 15 is 0 Å². The van der Waals surface area contributed by atoms with Crippen LogP contribution < -0.4 is 9.64 Å². The van der Waals surface area contributed by atoms with Gasteiger partial charge in [-0.3, -0.25) is 4.79 Å². The molecule has 23 heavy (non-hydrogen) atoms. The van der Waals surface area contributed by atoms with Crippen molar-refractivity contribution in [3.05, 3.63) is 59.8 Å². The third-order valence-electron chi connectivity index (χ3n) is 4.11. The van der Waals surface area contributed by atoms with Crippen molar-refractivity contribution < 1.29 is 9.53 Å². The summed E-state index contributed by atoms with van der Waals surface area (Å²) in [6.45, 7) is 4.56. The maximum atomic E-state index is 13.0. The minimum absolute atomic E-state index is 0.0219. The van der Waals surface area contributed by atoms with E-state index in [0.29, 0.717) is 12.2 Å². The molecule has 0 unspecified atom stereocenters. The van der Waals surface area contributed by atoms with E-state index in [1.165, 1.54) is 0 Å². The Morgan fingerprint density at radius 2 is 1.91 bits per heavy atom. The number of para-hydroxylation sites is 1. The van der Waals surface area contributed by atoms with Gasteiger partial charge in [-0.1, -0.05) is 18.2 Å². The molecule has 0 aliphatic carbocycles. The standard InChI is InChI=1S/C19H20N2O2/c1-4-21(14-8-6-5-7-9-14)19(22)18-13(2)16-11-10-15(23-3)12-17(16)20-18/h5-12,20H,4H2,1-3H3. The fraction of sp³-hybridized carbons (Fsp3) is 0.211. The van der Waals surface area contributed by atoms with Gasteiger partial charge in [-0.05, 0) is 43.7 Å². The number of anilines is 1. The predicted octanol–water partition coefficient (Wildman–Crippen LogP) is 4.15. The Hall–Kier alpha value is -2.75. The van der Waals surface area contributed by atoms with Gasteiger partial charge >= 0.3 is 0 Å². The fourth-order valence-corrected chi connectivity index (χ4v) is 2.84. The lowest BCUT2D eigenvalue weighted by atomic mass is 10.1. The predicted molar refractivity (Wildman–Crippen MR) is 93.4 cm³/mol. The topological polar surface area (TPSA) is 45.3 Å². The lowest BCUT2D eigenvalue weighted by Crippen LogP contribution is -2.31. The molecule has 0 aliphatic heterocycles. The fourth-order valence-electron chi connectivity index (χ4n) is 2.84. The van der Waals surface area contributed by atoms with Crippen LogP contribution >= 0.6 is 0 Å². The molecule has 0 saturated heterocycles. The van der Waals surface area contributed by atoms with Gasteiger partial charge in [0.1, 0.15) is 11.4 Å². The number of nitrogens with one attached hydrogen (secondary N) is 1. The number of methoxy groups -OCH3 is 1. The highest BCUT2D eigenvalue weighted by molar-refractivity contribution is 6.09. The van der Waals surface area contributed by atoms with Crippen molar-refractivity contribution in [1.29, 1.82) is 0 Å². The number of aromatic amines is 1. The molecule has 0 fully saturated rings. The van der Waals surface area contributed by atoms with Crippen LogP contribution in [0.5, 0.6) is 5.75 Å². The van der Waals surface area contributed by atoms with Crippen LogP contribution in [0.15, 0.2) is 48.5 Å². The molecule has 4 nitrogen and oxygen atoms in total. The van der Waals surface area contributed by atoms with E-state index in [-0.39, 0.29) is 5.91 Å². The van der Waals surface area contributed by atoms with Gasteiger partial charge in [0.05, 0.1) is 7.11 Å². The molecular weight excluding hydrogens is 288 g/mol. The molecule has 1 heterocycles. The molecule has 0 atom stereocenters. The van der Waals surface area contributed by atoms with Crippen molar-refractivity contribution in [1.82, 2.24) is 4.98 Å². The Balaban J connectivity index is 2.04. The van der Waals surface area contributed by atoms with Crippen LogP contribution in [-0.2, 0) is 0 Å². The summed E-state index contributed by atoms with van der Waals surface area (Å²) in [5.41, 5.74) is 3.39. The van der Waals surface area contributed by atoms with Crippen molar-refractivity contribution in [2.75, 3.05) is 18.6 Å². The van der Waals surface area contributed by atoms with Gasteiger partial charge in [0.15, 0.2) is 0 Å². The number of benzene rings is 2. The molecule has 0 spiro atoms. The van der Waals surface area contributed by atoms with Crippen LogP contribution in [0.3, 0.4) is 0 Å². The highest BCUT2D eigenvalue weighted by Crippen LogP contribution is 2.27. The number of H-pyrrole nitrogens is 1. The van der Waals surface area contributed by atoms with Gasteiger partial charge in [0.25, 0.3) is 5.91 Å². The van der Waals surface area contributed by atoms with Crippen molar-refractivity contribution in [3.63, 3.8) is 0 Å². The molecule has 1 N–H and O–H groups in total. The quantitative estimate of drug-likeness (QED) is 0.787. The summed E-state index contributed by atoms with van der Waals surface area (Å²) >= 11 is 0. The zero-order valence-corrected chi connectivity index (χ0v) is 13.6. The van der Waals surface area contributed by atoms with Gasteiger partial charge in [-0.2, -0.15) is 0 Å². The van der Waals surface area contributed by atoms with Gasteiger partial charge in [0.2, 0.25) is 0 Å². The van der Waals surface area contributed by atoms with Gasteiger partial charge in [0, 0.05) is 29.2 Å². The molecule has 1 aromatic heterocycles. The minimum atomic E-state index is -0.0219. The van der Waals surface area contributed by atoms with Crippen LogP contribution in [0.25, 0.3) is 10.9 Å². The first kappa shape index (κ1) is 15.2. The Kier molecular flexibility index (Phi) is 4.06. The molecule has 3 aromatic rings. The number of amides is 1. The second-order valence-electron chi connectivity index (χ2n) is 5.42. The molecule has 0 saturated carbocycles. The van der Waals surface area contributed by atoms with Crippen LogP contribution in [0.1, 0.15) is 23.0 Å². The summed E-state index contributed by atoms with van der Waals surface area (Å²) in [5, 5.41) is 1.04. The lowest BCUT2D eigenvalue weighted by molar-refractivity contribution is 0.0984. The molecule has 4 heteroatoms. The minimum Gasteiger partial charge on any atom is -0.497 e. The average molecular weight is 308 g/mol. The second kappa shape index (κ2) is 6.16. The number of hydrogen-bond acceptors (Lipinski definition) is 2. The first-order chi connectivity index (χ1) is 11.2. The van der Waals surface area contributed by atoms with Crippen LogP contribution in [-0.4, -0.2) is 24.5 Å². The number of hydrogen-bond donors (Lipinski definition) is 1. The maximum Gasteiger partial charge on any atom is 0.274 e. The van der Waals surface area contributed by atoms with Crippen molar-refractivity contribution in [2.45, 2.75) is 13.8 Å². The molecular formula is C19H20N2O2. The molecule has 2 aromatic carbocycles. The zero-order chi connectivity index (χ0) is 16.4. The molecule has 0 radical (unpaired) electrons. The zero-order valence-electron chi connectivity index (χ0n) is 13.6. The van der Waals surface area contributed by atoms with Crippen molar-refractivity contribution in [2.24, 2.45) is 0 Å². The SMILES string of the molecule is CCN(C(=O)c1[nH]c2cc(OC)ccc2c1C)c1ccccc1. The lowest BCUT2D eigenvalue weighted by Gasteiger charge is -2.20. The third-order valence-corrected chi connectivity index (χ3v) is 4.11. The maximum absolute atomic E-state index is 13.0. The molecule has 1 amide bonds. The number of carbonyl (C=O) groups is 1. The van der Waals surface area contributed by atoms with Crippen LogP contribution in [0.4, 0.5) is 5.69 Å².